The zero-order valence-electron chi connectivity index (χ0n) is 13.0. The molecule has 2 nitrogen and oxygen atoms in total. The average molecular weight is 290 g/mol. The third-order valence-electron chi connectivity index (χ3n) is 4.63. The van der Waals surface area contributed by atoms with Gasteiger partial charge in [-0.3, -0.25) is 0 Å². The zero-order valence-corrected chi connectivity index (χ0v) is 13.0. The summed E-state index contributed by atoms with van der Waals surface area (Å²) in [6.07, 6.45) is 5.00. The number of benzene rings is 2. The van der Waals surface area contributed by atoms with Gasteiger partial charge in [-0.25, -0.2) is 0 Å². The van der Waals surface area contributed by atoms with E-state index in [1.807, 2.05) is 0 Å². The highest BCUT2D eigenvalue weighted by molar-refractivity contribution is 5.84. The van der Waals surface area contributed by atoms with Crippen LogP contribution in [0.2, 0.25) is 0 Å². The van der Waals surface area contributed by atoms with Crippen molar-refractivity contribution in [3.63, 3.8) is 0 Å². The van der Waals surface area contributed by atoms with Crippen LogP contribution in [0.1, 0.15) is 29.5 Å². The number of nitrogens with one attached hydrogen (secondary N) is 1. The summed E-state index contributed by atoms with van der Waals surface area (Å²) in [4.78, 5) is 0. The van der Waals surface area contributed by atoms with Crippen molar-refractivity contribution in [3.05, 3.63) is 71.4 Å². The second-order valence-corrected chi connectivity index (χ2v) is 6.38. The molecule has 0 spiro atoms. The van der Waals surface area contributed by atoms with E-state index in [9.17, 15) is 0 Å². The standard InChI is InChI=1S/C20H22N2/c1-15-6-2-3-7-16(15)13-22-14-17(12-21-18-10-11-18)19-8-4-5-9-20(19)22/h2-9,14,18,21H,10-13H2,1H3. The average Bonchev–Trinajstić information content (AvgIpc) is 3.31. The lowest BCUT2D eigenvalue weighted by molar-refractivity contribution is 0.687. The minimum Gasteiger partial charge on any atom is -0.343 e. The minimum atomic E-state index is 0.749. The molecule has 0 atom stereocenters. The third kappa shape index (κ3) is 2.67. The van der Waals surface area contributed by atoms with Crippen molar-refractivity contribution in [2.24, 2.45) is 0 Å². The molecule has 1 aromatic heterocycles. The molecule has 1 N–H and O–H groups in total. The van der Waals surface area contributed by atoms with Gasteiger partial charge in [0.2, 0.25) is 0 Å². The first-order valence-electron chi connectivity index (χ1n) is 8.16. The zero-order chi connectivity index (χ0) is 14.9. The predicted octanol–water partition coefficient (Wildman–Crippen LogP) is 4.25. The van der Waals surface area contributed by atoms with Crippen LogP contribution in [-0.4, -0.2) is 10.6 Å². The molecule has 1 heterocycles. The Balaban J connectivity index is 1.69. The molecule has 0 bridgehead atoms. The van der Waals surface area contributed by atoms with Gasteiger partial charge in [0.05, 0.1) is 0 Å². The number of aromatic nitrogens is 1. The van der Waals surface area contributed by atoms with Gasteiger partial charge in [0.25, 0.3) is 0 Å². The molecule has 4 rings (SSSR count). The minimum absolute atomic E-state index is 0.749. The van der Waals surface area contributed by atoms with Crippen LogP contribution in [-0.2, 0) is 13.1 Å². The Morgan fingerprint density at radius 1 is 1.00 bits per heavy atom. The van der Waals surface area contributed by atoms with Crippen LogP contribution in [0.5, 0.6) is 0 Å². The maximum absolute atomic E-state index is 3.64. The number of para-hydroxylation sites is 1. The second kappa shape index (κ2) is 5.62. The van der Waals surface area contributed by atoms with Gasteiger partial charge in [-0.05, 0) is 42.5 Å². The third-order valence-corrected chi connectivity index (χ3v) is 4.63. The quantitative estimate of drug-likeness (QED) is 0.743. The second-order valence-electron chi connectivity index (χ2n) is 6.38. The van der Waals surface area contributed by atoms with Crippen LogP contribution in [0, 0.1) is 6.92 Å². The number of hydrogen-bond donors (Lipinski definition) is 1. The van der Waals surface area contributed by atoms with Crippen molar-refractivity contribution in [1.82, 2.24) is 9.88 Å². The Kier molecular flexibility index (Phi) is 3.47. The monoisotopic (exact) mass is 290 g/mol. The molecule has 0 saturated heterocycles. The van der Waals surface area contributed by atoms with E-state index in [4.69, 9.17) is 0 Å². The Morgan fingerprint density at radius 3 is 2.59 bits per heavy atom. The highest BCUT2D eigenvalue weighted by Crippen LogP contribution is 2.25. The van der Waals surface area contributed by atoms with Crippen molar-refractivity contribution in [2.75, 3.05) is 0 Å². The van der Waals surface area contributed by atoms with Gasteiger partial charge < -0.3 is 9.88 Å². The Hall–Kier alpha value is -2.06. The van der Waals surface area contributed by atoms with Crippen molar-refractivity contribution in [2.45, 2.75) is 38.9 Å². The van der Waals surface area contributed by atoms with Crippen LogP contribution < -0.4 is 5.32 Å². The Labute approximate surface area is 131 Å². The van der Waals surface area contributed by atoms with Crippen molar-refractivity contribution in [1.29, 1.82) is 0 Å². The van der Waals surface area contributed by atoms with Crippen LogP contribution in [0.4, 0.5) is 0 Å². The fourth-order valence-electron chi connectivity index (χ4n) is 3.11. The lowest BCUT2D eigenvalue weighted by Gasteiger charge is -2.08. The van der Waals surface area contributed by atoms with E-state index >= 15 is 0 Å². The fraction of sp³-hybridized carbons (Fsp3) is 0.300. The molecule has 0 radical (unpaired) electrons. The van der Waals surface area contributed by atoms with Crippen molar-refractivity contribution >= 4 is 10.9 Å². The summed E-state index contributed by atoms with van der Waals surface area (Å²) in [5, 5.41) is 5.02. The molecule has 2 aromatic carbocycles. The molecule has 1 aliphatic carbocycles. The number of fused-ring (bicyclic) bond motifs is 1. The van der Waals surface area contributed by atoms with Gasteiger partial charge in [-0.15, -0.1) is 0 Å². The van der Waals surface area contributed by atoms with E-state index in [1.165, 1.54) is 40.4 Å². The first-order chi connectivity index (χ1) is 10.8. The van der Waals surface area contributed by atoms with E-state index in [0.29, 0.717) is 0 Å². The molecule has 0 aliphatic heterocycles. The number of nitrogens with zero attached hydrogens (tertiary/aromatic N) is 1. The normalized spacial score (nSPS) is 14.6. The number of hydrogen-bond acceptors (Lipinski definition) is 1. The highest BCUT2D eigenvalue weighted by Gasteiger charge is 2.20. The SMILES string of the molecule is Cc1ccccc1Cn1cc(CNC2CC2)c2ccccc21. The van der Waals surface area contributed by atoms with Gasteiger partial charge >= 0.3 is 0 Å². The molecule has 2 heteroatoms. The Morgan fingerprint density at radius 2 is 1.77 bits per heavy atom. The topological polar surface area (TPSA) is 17.0 Å². The molecule has 1 fully saturated rings. The lowest BCUT2D eigenvalue weighted by atomic mass is 10.1. The van der Waals surface area contributed by atoms with Gasteiger partial charge in [0.1, 0.15) is 0 Å². The molecular weight excluding hydrogens is 268 g/mol. The van der Waals surface area contributed by atoms with Crippen LogP contribution in [0.15, 0.2) is 54.7 Å². The largest absolute Gasteiger partial charge is 0.343 e. The molecule has 22 heavy (non-hydrogen) atoms. The van der Waals surface area contributed by atoms with Crippen molar-refractivity contribution < 1.29 is 0 Å². The maximum Gasteiger partial charge on any atom is 0.0486 e. The Bertz CT molecular complexity index is 796. The molecule has 0 amide bonds. The number of aryl methyl sites for hydroxylation is 1. The molecule has 1 saturated carbocycles. The smallest absolute Gasteiger partial charge is 0.0486 e. The van der Waals surface area contributed by atoms with Gasteiger partial charge in [-0.2, -0.15) is 0 Å². The van der Waals surface area contributed by atoms with Crippen LogP contribution in [0.3, 0.4) is 0 Å². The first kappa shape index (κ1) is 13.6. The van der Waals surface area contributed by atoms with Crippen LogP contribution in [0.25, 0.3) is 10.9 Å². The lowest BCUT2D eigenvalue weighted by Crippen LogP contribution is -2.14. The van der Waals surface area contributed by atoms with E-state index in [2.05, 4.69) is 71.5 Å². The van der Waals surface area contributed by atoms with Gasteiger partial charge in [0, 0.05) is 36.2 Å². The van der Waals surface area contributed by atoms with Gasteiger partial charge in [-0.1, -0.05) is 42.5 Å². The predicted molar refractivity (Wildman–Crippen MR) is 92.1 cm³/mol. The molecular formula is C20H22N2. The summed E-state index contributed by atoms with van der Waals surface area (Å²) < 4.78 is 2.39. The van der Waals surface area contributed by atoms with Crippen LogP contribution >= 0.6 is 0 Å². The maximum atomic E-state index is 3.64. The molecule has 1 aliphatic rings. The summed E-state index contributed by atoms with van der Waals surface area (Å²) in [7, 11) is 0. The molecule has 112 valence electrons. The summed E-state index contributed by atoms with van der Waals surface area (Å²) in [5.41, 5.74) is 5.50. The highest BCUT2D eigenvalue weighted by atomic mass is 15.0. The van der Waals surface area contributed by atoms with Gasteiger partial charge in [0.15, 0.2) is 0 Å². The van der Waals surface area contributed by atoms with E-state index in [1.54, 1.807) is 0 Å². The summed E-state index contributed by atoms with van der Waals surface area (Å²) >= 11 is 0. The van der Waals surface area contributed by atoms with E-state index in [0.717, 1.165) is 19.1 Å². The summed E-state index contributed by atoms with van der Waals surface area (Å²) in [5.74, 6) is 0. The molecule has 0 unspecified atom stereocenters. The van der Waals surface area contributed by atoms with E-state index < -0.39 is 0 Å². The van der Waals surface area contributed by atoms with Crippen molar-refractivity contribution in [3.8, 4) is 0 Å². The summed E-state index contributed by atoms with van der Waals surface area (Å²) in [6.45, 7) is 4.11. The summed E-state index contributed by atoms with van der Waals surface area (Å²) in [6, 6.07) is 18.2. The fourth-order valence-corrected chi connectivity index (χ4v) is 3.11. The number of rotatable bonds is 5. The molecule has 3 aromatic rings. The van der Waals surface area contributed by atoms with E-state index in [-0.39, 0.29) is 0 Å². The first-order valence-corrected chi connectivity index (χ1v) is 8.16.